The molecule has 0 spiro atoms. The van der Waals surface area contributed by atoms with Gasteiger partial charge in [-0.1, -0.05) is 32.6 Å². The highest BCUT2D eigenvalue weighted by atomic mass is 14.9. The third-order valence-electron chi connectivity index (χ3n) is 4.70. The van der Waals surface area contributed by atoms with Gasteiger partial charge in [-0.25, -0.2) is 0 Å². The zero-order chi connectivity index (χ0) is 9.97. The summed E-state index contributed by atoms with van der Waals surface area (Å²) >= 11 is 0. The Hall–Kier alpha value is -0.0400. The second-order valence-electron chi connectivity index (χ2n) is 5.34. The third-order valence-corrected chi connectivity index (χ3v) is 4.70. The minimum absolute atomic E-state index is 0.839. The molecule has 0 saturated heterocycles. The Morgan fingerprint density at radius 2 is 2.00 bits per heavy atom. The van der Waals surface area contributed by atoms with E-state index in [1.165, 1.54) is 44.9 Å². The molecule has 0 aromatic rings. The van der Waals surface area contributed by atoms with Gasteiger partial charge in [0, 0.05) is 6.04 Å². The van der Waals surface area contributed by atoms with Crippen molar-refractivity contribution in [2.45, 2.75) is 57.9 Å². The fourth-order valence-corrected chi connectivity index (χ4v) is 3.79. The smallest absolute Gasteiger partial charge is 0.00949 e. The maximum Gasteiger partial charge on any atom is 0.00949 e. The van der Waals surface area contributed by atoms with Crippen molar-refractivity contribution in [3.05, 3.63) is 0 Å². The molecule has 14 heavy (non-hydrogen) atoms. The highest BCUT2D eigenvalue weighted by Gasteiger charge is 2.36. The van der Waals surface area contributed by atoms with Crippen molar-refractivity contribution in [3.63, 3.8) is 0 Å². The first kappa shape index (κ1) is 10.5. The van der Waals surface area contributed by atoms with Gasteiger partial charge in [0.25, 0.3) is 0 Å². The second-order valence-corrected chi connectivity index (χ2v) is 5.34. The first-order valence-corrected chi connectivity index (χ1v) is 6.52. The van der Waals surface area contributed by atoms with E-state index in [1.54, 1.807) is 0 Å². The summed E-state index contributed by atoms with van der Waals surface area (Å²) in [5, 5.41) is 3.54. The molecule has 82 valence electrons. The number of nitrogens with one attached hydrogen (secondary N) is 1. The normalized spacial score (nSPS) is 43.3. The zero-order valence-electron chi connectivity index (χ0n) is 9.76. The van der Waals surface area contributed by atoms with Gasteiger partial charge in [0.2, 0.25) is 0 Å². The van der Waals surface area contributed by atoms with Crippen LogP contribution in [0.15, 0.2) is 0 Å². The average molecular weight is 195 g/mol. The Balaban J connectivity index is 1.96. The van der Waals surface area contributed by atoms with Gasteiger partial charge >= 0.3 is 0 Å². The van der Waals surface area contributed by atoms with Crippen LogP contribution in [0.2, 0.25) is 0 Å². The van der Waals surface area contributed by atoms with E-state index in [-0.39, 0.29) is 0 Å². The molecule has 1 N–H and O–H groups in total. The van der Waals surface area contributed by atoms with Gasteiger partial charge in [-0.2, -0.15) is 0 Å². The minimum Gasteiger partial charge on any atom is -0.317 e. The summed E-state index contributed by atoms with van der Waals surface area (Å²) in [5.74, 6) is 3.11. The first-order chi connectivity index (χ1) is 6.85. The Labute approximate surface area is 88.7 Å². The van der Waals surface area contributed by atoms with E-state index in [4.69, 9.17) is 0 Å². The molecule has 0 amide bonds. The van der Waals surface area contributed by atoms with Crippen LogP contribution in [0.25, 0.3) is 0 Å². The molecule has 0 bridgehead atoms. The molecular weight excluding hydrogens is 170 g/mol. The van der Waals surface area contributed by atoms with Gasteiger partial charge in [-0.3, -0.25) is 0 Å². The molecule has 0 aromatic heterocycles. The zero-order valence-corrected chi connectivity index (χ0v) is 9.76. The van der Waals surface area contributed by atoms with Crippen molar-refractivity contribution in [1.82, 2.24) is 5.32 Å². The predicted octanol–water partition coefficient (Wildman–Crippen LogP) is 3.20. The van der Waals surface area contributed by atoms with Crippen molar-refractivity contribution >= 4 is 0 Å². The molecular formula is C13H25N. The van der Waals surface area contributed by atoms with Crippen LogP contribution < -0.4 is 5.32 Å². The number of hydrogen-bond donors (Lipinski definition) is 1. The SMILES string of the molecule is CCC1CCC2C(CCCC2NC)C1. The minimum atomic E-state index is 0.839. The summed E-state index contributed by atoms with van der Waals surface area (Å²) in [5.41, 5.74) is 0. The van der Waals surface area contributed by atoms with Crippen LogP contribution >= 0.6 is 0 Å². The lowest BCUT2D eigenvalue weighted by atomic mass is 9.65. The van der Waals surface area contributed by atoms with Gasteiger partial charge in [0.1, 0.15) is 0 Å². The summed E-state index contributed by atoms with van der Waals surface area (Å²) in [6.45, 7) is 2.36. The van der Waals surface area contributed by atoms with Crippen molar-refractivity contribution < 1.29 is 0 Å². The maximum atomic E-state index is 3.54. The summed E-state index contributed by atoms with van der Waals surface area (Å²) in [6.07, 6.45) is 10.3. The van der Waals surface area contributed by atoms with Crippen LogP contribution in [0.3, 0.4) is 0 Å². The van der Waals surface area contributed by atoms with E-state index in [1.807, 2.05) is 0 Å². The number of fused-ring (bicyclic) bond motifs is 1. The van der Waals surface area contributed by atoms with Crippen molar-refractivity contribution in [1.29, 1.82) is 0 Å². The Kier molecular flexibility index (Phi) is 3.48. The molecule has 0 aliphatic heterocycles. The fraction of sp³-hybridized carbons (Fsp3) is 1.00. The molecule has 1 nitrogen and oxygen atoms in total. The fourth-order valence-electron chi connectivity index (χ4n) is 3.79. The van der Waals surface area contributed by atoms with Gasteiger partial charge in [0.15, 0.2) is 0 Å². The van der Waals surface area contributed by atoms with E-state index in [0.717, 1.165) is 23.8 Å². The topological polar surface area (TPSA) is 12.0 Å². The van der Waals surface area contributed by atoms with Gasteiger partial charge < -0.3 is 5.32 Å². The molecule has 2 aliphatic carbocycles. The van der Waals surface area contributed by atoms with Crippen LogP contribution in [-0.4, -0.2) is 13.1 Å². The lowest BCUT2D eigenvalue weighted by Crippen LogP contribution is -2.43. The van der Waals surface area contributed by atoms with Gasteiger partial charge in [-0.05, 0) is 44.1 Å². The number of rotatable bonds is 2. The van der Waals surface area contributed by atoms with Crippen LogP contribution in [0.4, 0.5) is 0 Å². The molecule has 4 unspecified atom stereocenters. The van der Waals surface area contributed by atoms with E-state index in [9.17, 15) is 0 Å². The molecule has 2 saturated carbocycles. The van der Waals surface area contributed by atoms with Crippen LogP contribution in [-0.2, 0) is 0 Å². The molecule has 0 heterocycles. The van der Waals surface area contributed by atoms with E-state index in [2.05, 4.69) is 19.3 Å². The highest BCUT2D eigenvalue weighted by Crippen LogP contribution is 2.43. The van der Waals surface area contributed by atoms with Crippen molar-refractivity contribution in [3.8, 4) is 0 Å². The molecule has 0 aromatic carbocycles. The maximum absolute atomic E-state index is 3.54. The van der Waals surface area contributed by atoms with E-state index in [0.29, 0.717) is 0 Å². The molecule has 2 rings (SSSR count). The van der Waals surface area contributed by atoms with Crippen LogP contribution in [0, 0.1) is 17.8 Å². The molecule has 2 aliphatic rings. The Morgan fingerprint density at radius 1 is 1.14 bits per heavy atom. The molecule has 1 heteroatoms. The molecule has 0 radical (unpaired) electrons. The summed E-state index contributed by atoms with van der Waals surface area (Å²) in [4.78, 5) is 0. The summed E-state index contributed by atoms with van der Waals surface area (Å²) < 4.78 is 0. The van der Waals surface area contributed by atoms with Crippen LogP contribution in [0.1, 0.15) is 51.9 Å². The summed E-state index contributed by atoms with van der Waals surface area (Å²) in [6, 6.07) is 0.839. The second kappa shape index (κ2) is 4.65. The van der Waals surface area contributed by atoms with E-state index < -0.39 is 0 Å². The quantitative estimate of drug-likeness (QED) is 0.713. The first-order valence-electron chi connectivity index (χ1n) is 6.52. The van der Waals surface area contributed by atoms with Gasteiger partial charge in [0.05, 0.1) is 0 Å². The number of hydrogen-bond acceptors (Lipinski definition) is 1. The third kappa shape index (κ3) is 1.98. The Morgan fingerprint density at radius 3 is 2.71 bits per heavy atom. The van der Waals surface area contributed by atoms with E-state index >= 15 is 0 Å². The highest BCUT2D eigenvalue weighted by molar-refractivity contribution is 4.90. The largest absolute Gasteiger partial charge is 0.317 e. The molecule has 4 atom stereocenters. The standard InChI is InChI=1S/C13H25N/c1-3-10-7-8-12-11(9-10)5-4-6-13(12)14-2/h10-14H,3-9H2,1-2H3. The lowest BCUT2D eigenvalue weighted by Gasteiger charge is -2.43. The average Bonchev–Trinajstić information content (AvgIpc) is 2.27. The predicted molar refractivity (Wildman–Crippen MR) is 61.3 cm³/mol. The molecule has 2 fully saturated rings. The summed E-state index contributed by atoms with van der Waals surface area (Å²) in [7, 11) is 2.15. The lowest BCUT2D eigenvalue weighted by molar-refractivity contribution is 0.0969. The van der Waals surface area contributed by atoms with Gasteiger partial charge in [-0.15, -0.1) is 0 Å². The Bertz CT molecular complexity index is 178. The van der Waals surface area contributed by atoms with Crippen molar-refractivity contribution in [2.24, 2.45) is 17.8 Å². The van der Waals surface area contributed by atoms with Crippen LogP contribution in [0.5, 0.6) is 0 Å². The van der Waals surface area contributed by atoms with Crippen molar-refractivity contribution in [2.75, 3.05) is 7.05 Å². The monoisotopic (exact) mass is 195 g/mol.